The smallest absolute Gasteiger partial charge is 0.248 e. The first-order valence-electron chi connectivity index (χ1n) is 32.7. The number of aliphatic hydroxyl groups excluding tert-OH is 16. The zero-order valence-corrected chi connectivity index (χ0v) is 55.6. The molecule has 0 aromatic carbocycles. The summed E-state index contributed by atoms with van der Waals surface area (Å²) in [4.78, 5) is 23.3. The molecule has 2 aliphatic rings. The van der Waals surface area contributed by atoms with Crippen LogP contribution in [0.2, 0.25) is 0 Å². The first kappa shape index (κ1) is 86.6. The number of ketones is 1. The van der Waals surface area contributed by atoms with Gasteiger partial charge in [0.05, 0.1) is 85.5 Å². The number of carbonyl (C=O) groups excluding carboxylic acids is 2. The molecule has 0 bridgehead atoms. The van der Waals surface area contributed by atoms with Crippen molar-refractivity contribution in [1.82, 2.24) is 5.32 Å². The van der Waals surface area contributed by atoms with Crippen LogP contribution in [0.3, 0.4) is 0 Å². The van der Waals surface area contributed by atoms with E-state index in [1.807, 2.05) is 101 Å². The fraction of sp³-hybridized carbons (Fsp3) is 0.583. The fourth-order valence-corrected chi connectivity index (χ4v) is 9.87. The molecule has 2 rings (SSSR count). The van der Waals surface area contributed by atoms with E-state index in [1.54, 1.807) is 67.7 Å². The Morgan fingerprint density at radius 2 is 1.03 bits per heavy atom. The SMILES string of the molecule is C/C=C/C=C/C=C/C(O)C(C)C(O)C(C)/C=C/C=C/C=C/C=C/C=C/C=C/C(=O)NC1=C(O)CCC1=O.C/C=C/C=C/CC(OC1OC(C)C(O)C(O)C1O)C(C)C(O)CC(O)CC(O)CC(O)/C=C/CC(O)CC(O)CC(O)CC(O)/C=C/CC(O)CC(O)CCCN. The van der Waals surface area contributed by atoms with E-state index in [1.165, 1.54) is 31.2 Å². The van der Waals surface area contributed by atoms with Crippen molar-refractivity contribution >= 4 is 11.7 Å². The number of carbonyl (C=O) groups is 2. The molecule has 0 aromatic heterocycles. The molecule has 0 radical (unpaired) electrons. The molecule has 21 atom stereocenters. The Bertz CT molecular complexity index is 2520. The van der Waals surface area contributed by atoms with Gasteiger partial charge in [-0.05, 0) is 91.5 Å². The zero-order valence-electron chi connectivity index (χ0n) is 55.6. The van der Waals surface area contributed by atoms with Crippen molar-refractivity contribution in [3.8, 4) is 0 Å². The van der Waals surface area contributed by atoms with Gasteiger partial charge in [0.2, 0.25) is 5.91 Å². The van der Waals surface area contributed by atoms with Crippen molar-refractivity contribution in [3.63, 3.8) is 0 Å². The maximum Gasteiger partial charge on any atom is 0.248 e. The number of amides is 1. The van der Waals surface area contributed by atoms with E-state index >= 15 is 0 Å². The van der Waals surface area contributed by atoms with Crippen molar-refractivity contribution in [2.24, 2.45) is 23.5 Å². The molecule has 0 saturated carbocycles. The minimum absolute atomic E-state index is 0.0115. The molecule has 22 nitrogen and oxygen atoms in total. The number of aliphatic hydroxyl groups is 16. The number of rotatable bonds is 44. The summed E-state index contributed by atoms with van der Waals surface area (Å²) in [5.74, 6) is -1.84. The Morgan fingerprint density at radius 1 is 0.553 bits per heavy atom. The number of Topliss-reactive ketones (excluding diaryl/α,β-unsaturated/α-hetero) is 1. The number of nitrogens with two attached hydrogens (primary N) is 1. The molecule has 532 valence electrons. The molecular weight excluding hydrogens is 1210 g/mol. The van der Waals surface area contributed by atoms with Crippen LogP contribution in [0.25, 0.3) is 0 Å². The molecule has 0 aromatic rings. The van der Waals surface area contributed by atoms with Gasteiger partial charge in [0.25, 0.3) is 0 Å². The average Bonchev–Trinajstić information content (AvgIpc) is 0.950. The van der Waals surface area contributed by atoms with Gasteiger partial charge in [0, 0.05) is 49.5 Å². The van der Waals surface area contributed by atoms with E-state index in [2.05, 4.69) is 5.32 Å². The highest BCUT2D eigenvalue weighted by molar-refractivity contribution is 6.03. The molecule has 1 amide bonds. The van der Waals surface area contributed by atoms with Gasteiger partial charge in [0.15, 0.2) is 12.1 Å². The summed E-state index contributed by atoms with van der Waals surface area (Å²) in [6.07, 6.45) is 28.1. The lowest BCUT2D eigenvalue weighted by Gasteiger charge is -2.41. The number of hydrogen-bond acceptors (Lipinski definition) is 21. The predicted octanol–water partition coefficient (Wildman–Crippen LogP) is 4.58. The van der Waals surface area contributed by atoms with E-state index in [0.29, 0.717) is 19.4 Å². The third kappa shape index (κ3) is 39.0. The minimum atomic E-state index is -1.54. The quantitative estimate of drug-likeness (QED) is 0.0225. The zero-order chi connectivity index (χ0) is 70.5. The minimum Gasteiger partial charge on any atom is -0.510 e. The molecule has 1 aliphatic carbocycles. The van der Waals surface area contributed by atoms with Crippen LogP contribution in [-0.4, -0.2) is 210 Å². The summed E-state index contributed by atoms with van der Waals surface area (Å²) < 4.78 is 11.6. The Kier molecular flexibility index (Phi) is 46.9. The lowest BCUT2D eigenvalue weighted by molar-refractivity contribution is -0.309. The Hall–Kier alpha value is -5.42. The van der Waals surface area contributed by atoms with Gasteiger partial charge < -0.3 is 102 Å². The summed E-state index contributed by atoms with van der Waals surface area (Å²) in [5, 5.41) is 167. The van der Waals surface area contributed by atoms with Crippen LogP contribution in [0.5, 0.6) is 0 Å². The third-order valence-corrected chi connectivity index (χ3v) is 15.6. The van der Waals surface area contributed by atoms with Crippen LogP contribution < -0.4 is 11.1 Å². The molecule has 1 aliphatic heterocycles. The van der Waals surface area contributed by atoms with Gasteiger partial charge in [-0.2, -0.15) is 0 Å². The Morgan fingerprint density at radius 3 is 1.56 bits per heavy atom. The van der Waals surface area contributed by atoms with Crippen LogP contribution in [0, 0.1) is 17.8 Å². The average molecular weight is 1330 g/mol. The second-order valence-electron chi connectivity index (χ2n) is 24.1. The second kappa shape index (κ2) is 50.9. The third-order valence-electron chi connectivity index (χ3n) is 15.6. The van der Waals surface area contributed by atoms with Gasteiger partial charge in [-0.1, -0.05) is 173 Å². The van der Waals surface area contributed by atoms with E-state index in [-0.39, 0.29) is 106 Å². The summed E-state index contributed by atoms with van der Waals surface area (Å²) in [6, 6.07) is 0. The van der Waals surface area contributed by atoms with Crippen molar-refractivity contribution < 1.29 is 101 Å². The molecule has 0 spiro atoms. The highest BCUT2D eigenvalue weighted by Gasteiger charge is 2.44. The van der Waals surface area contributed by atoms with Crippen LogP contribution >= 0.6 is 0 Å². The van der Waals surface area contributed by atoms with Gasteiger partial charge >= 0.3 is 0 Å². The van der Waals surface area contributed by atoms with Gasteiger partial charge in [0.1, 0.15) is 29.8 Å². The summed E-state index contributed by atoms with van der Waals surface area (Å²) >= 11 is 0. The monoisotopic (exact) mass is 1330 g/mol. The largest absolute Gasteiger partial charge is 0.510 e. The van der Waals surface area contributed by atoms with Gasteiger partial charge in [-0.15, -0.1) is 0 Å². The molecule has 94 heavy (non-hydrogen) atoms. The molecule has 21 unspecified atom stereocenters. The maximum atomic E-state index is 11.8. The fourth-order valence-electron chi connectivity index (χ4n) is 9.87. The van der Waals surface area contributed by atoms with Crippen molar-refractivity contribution in [1.29, 1.82) is 0 Å². The lowest BCUT2D eigenvalue weighted by atomic mass is 9.89. The van der Waals surface area contributed by atoms with Crippen molar-refractivity contribution in [2.45, 2.75) is 241 Å². The van der Waals surface area contributed by atoms with Crippen LogP contribution in [0.15, 0.2) is 169 Å². The van der Waals surface area contributed by atoms with Crippen LogP contribution in [0.4, 0.5) is 0 Å². The summed E-state index contributed by atoms with van der Waals surface area (Å²) in [6.45, 7) is 11.2. The first-order chi connectivity index (χ1) is 44.6. The molecular formula is C72H114N2O20. The summed E-state index contributed by atoms with van der Waals surface area (Å²) in [5.41, 5.74) is 5.40. The van der Waals surface area contributed by atoms with Gasteiger partial charge in [-0.25, -0.2) is 0 Å². The lowest BCUT2D eigenvalue weighted by Crippen LogP contribution is -2.58. The topological polar surface area (TPSA) is 414 Å². The first-order valence-corrected chi connectivity index (χ1v) is 32.7. The number of allylic oxidation sites excluding steroid dienone is 20. The molecule has 1 heterocycles. The van der Waals surface area contributed by atoms with Crippen LogP contribution in [-0.2, 0) is 19.1 Å². The highest BCUT2D eigenvalue weighted by atomic mass is 16.7. The normalized spacial score (nSPS) is 24.1. The number of nitrogens with one attached hydrogen (secondary N) is 1. The standard InChI is InChI=1S/C41H75NO15.C31H39NO5/c1-4-5-6-7-16-37(57-41-40(55)39(54)38(53)26(3)56-41)25(2)36(52)24-35(51)23-34(50)21-30(46)14-9-13-29(45)20-33(49)22-32(48)19-28(44)12-8-11-27(43)18-31(47)15-10-17-42;1-4-5-6-13-17-20-26(33)25(3)31(37)24(2)19-16-14-11-9-7-8-10-12-15-18-21-29(36)32-30-27(34)22-23-28(30)35/h4-9,12,14,25-41,43-55H,10-11,13,15-24,42H2,1-3H3;4-21,24-26,31,33-34,37H,22-23H2,1-3H3,(H,32,36)/b5-4+,7-6+,12-8+,14-9+;5-4+,9-7+,10-8+,13-6+,14-11+,15-12+,19-16+,20-17+,21-18+. The molecule has 22 heteroatoms. The second-order valence-corrected chi connectivity index (χ2v) is 24.1. The maximum absolute atomic E-state index is 11.8. The van der Waals surface area contributed by atoms with E-state index in [9.17, 15) is 91.3 Å². The number of ether oxygens (including phenoxy) is 2. The Balaban J connectivity index is 0.00000103. The predicted molar refractivity (Wildman–Crippen MR) is 363 cm³/mol. The molecule has 1 saturated heterocycles. The number of hydrogen-bond donors (Lipinski definition) is 18. The van der Waals surface area contributed by atoms with E-state index in [0.717, 1.165) is 0 Å². The van der Waals surface area contributed by atoms with Crippen LogP contribution in [0.1, 0.15) is 131 Å². The highest BCUT2D eigenvalue weighted by Crippen LogP contribution is 2.29. The van der Waals surface area contributed by atoms with Crippen molar-refractivity contribution in [3.05, 3.63) is 169 Å². The molecule has 19 N–H and O–H groups in total. The van der Waals surface area contributed by atoms with E-state index < -0.39 is 122 Å². The molecule has 1 fully saturated rings. The van der Waals surface area contributed by atoms with E-state index in [4.69, 9.17) is 15.2 Å². The van der Waals surface area contributed by atoms with Crippen molar-refractivity contribution in [2.75, 3.05) is 6.54 Å². The van der Waals surface area contributed by atoms with Gasteiger partial charge in [-0.3, -0.25) is 9.59 Å². The Labute approximate surface area is 556 Å². The summed E-state index contributed by atoms with van der Waals surface area (Å²) in [7, 11) is 0.